The highest BCUT2D eigenvalue weighted by Crippen LogP contribution is 2.27. The molecule has 0 N–H and O–H groups in total. The Kier molecular flexibility index (Phi) is 5.24. The molecule has 0 aliphatic heterocycles. The highest BCUT2D eigenvalue weighted by Gasteiger charge is 2.15. The molecule has 0 spiro atoms. The molecule has 1 heterocycles. The maximum atomic E-state index is 14.4. The summed E-state index contributed by atoms with van der Waals surface area (Å²) in [5.74, 6) is 1.90. The van der Waals surface area contributed by atoms with Crippen molar-refractivity contribution in [3.05, 3.63) is 78.6 Å². The molecule has 0 amide bonds. The number of benzene rings is 3. The summed E-state index contributed by atoms with van der Waals surface area (Å²) in [5, 5.41) is 0. The average Bonchev–Trinajstić information content (AvgIpc) is 3.10. The van der Waals surface area contributed by atoms with Gasteiger partial charge in [0.25, 0.3) is 0 Å². The molecule has 0 atom stereocenters. The first-order valence-electron chi connectivity index (χ1n) is 9.23. The van der Waals surface area contributed by atoms with E-state index in [4.69, 9.17) is 9.47 Å². The third-order valence-electron chi connectivity index (χ3n) is 4.61. The van der Waals surface area contributed by atoms with Crippen molar-refractivity contribution < 1.29 is 13.9 Å². The molecule has 0 radical (unpaired) electrons. The number of methoxy groups -OCH3 is 1. The van der Waals surface area contributed by atoms with Gasteiger partial charge >= 0.3 is 0 Å². The van der Waals surface area contributed by atoms with Gasteiger partial charge in [-0.2, -0.15) is 0 Å². The van der Waals surface area contributed by atoms with E-state index in [0.717, 1.165) is 29.0 Å². The summed E-state index contributed by atoms with van der Waals surface area (Å²) >= 11 is 0. The number of nitrogens with zero attached hydrogens (tertiary/aromatic N) is 2. The minimum absolute atomic E-state index is 0.272. The number of ether oxygens (including phenoxy) is 2. The quantitative estimate of drug-likeness (QED) is 0.410. The molecule has 142 valence electrons. The zero-order chi connectivity index (χ0) is 19.3. The van der Waals surface area contributed by atoms with Crippen molar-refractivity contribution in [2.24, 2.45) is 0 Å². The van der Waals surface area contributed by atoms with Gasteiger partial charge in [0, 0.05) is 12.6 Å². The largest absolute Gasteiger partial charge is 0.497 e. The van der Waals surface area contributed by atoms with Crippen LogP contribution in [0.1, 0.15) is 6.42 Å². The van der Waals surface area contributed by atoms with Gasteiger partial charge in [-0.3, -0.25) is 0 Å². The first-order chi connectivity index (χ1) is 13.8. The fourth-order valence-electron chi connectivity index (χ4n) is 3.25. The molecule has 3 aromatic carbocycles. The van der Waals surface area contributed by atoms with Crippen molar-refractivity contribution in [3.8, 4) is 22.9 Å². The van der Waals surface area contributed by atoms with Gasteiger partial charge in [-0.25, -0.2) is 9.37 Å². The molecule has 0 aliphatic carbocycles. The van der Waals surface area contributed by atoms with E-state index >= 15 is 0 Å². The molecule has 0 fully saturated rings. The molecule has 0 saturated heterocycles. The van der Waals surface area contributed by atoms with Crippen LogP contribution < -0.4 is 9.47 Å². The fourth-order valence-corrected chi connectivity index (χ4v) is 3.25. The number of fused-ring (bicyclic) bond motifs is 1. The van der Waals surface area contributed by atoms with Crippen molar-refractivity contribution in [1.82, 2.24) is 9.55 Å². The minimum atomic E-state index is -0.272. The van der Waals surface area contributed by atoms with Crippen LogP contribution in [0.3, 0.4) is 0 Å². The summed E-state index contributed by atoms with van der Waals surface area (Å²) in [6, 6.07) is 22.1. The highest BCUT2D eigenvalue weighted by molar-refractivity contribution is 5.80. The van der Waals surface area contributed by atoms with E-state index in [0.29, 0.717) is 24.5 Å². The van der Waals surface area contributed by atoms with Crippen LogP contribution in [0.2, 0.25) is 0 Å². The van der Waals surface area contributed by atoms with Crippen molar-refractivity contribution in [2.75, 3.05) is 13.7 Å². The minimum Gasteiger partial charge on any atom is -0.497 e. The average molecular weight is 376 g/mol. The lowest BCUT2D eigenvalue weighted by atomic mass is 10.2. The molecule has 0 aliphatic rings. The van der Waals surface area contributed by atoms with E-state index in [2.05, 4.69) is 9.55 Å². The van der Waals surface area contributed by atoms with Crippen molar-refractivity contribution in [2.45, 2.75) is 13.0 Å². The topological polar surface area (TPSA) is 36.3 Å². The Balaban J connectivity index is 1.54. The zero-order valence-corrected chi connectivity index (χ0v) is 15.6. The highest BCUT2D eigenvalue weighted by atomic mass is 19.1. The van der Waals surface area contributed by atoms with Crippen LogP contribution in [-0.2, 0) is 6.54 Å². The first kappa shape index (κ1) is 18.0. The molecule has 4 aromatic rings. The van der Waals surface area contributed by atoms with Gasteiger partial charge in [0.15, 0.2) is 0 Å². The summed E-state index contributed by atoms with van der Waals surface area (Å²) < 4.78 is 27.5. The number of halogens is 1. The Hall–Kier alpha value is -3.34. The van der Waals surface area contributed by atoms with Crippen LogP contribution in [-0.4, -0.2) is 23.3 Å². The van der Waals surface area contributed by atoms with Crippen LogP contribution >= 0.6 is 0 Å². The monoisotopic (exact) mass is 376 g/mol. The molecule has 4 nitrogen and oxygen atoms in total. The maximum Gasteiger partial charge on any atom is 0.144 e. The van der Waals surface area contributed by atoms with E-state index in [1.54, 1.807) is 19.2 Å². The summed E-state index contributed by atoms with van der Waals surface area (Å²) in [6.07, 6.45) is 0.763. The zero-order valence-electron chi connectivity index (χ0n) is 15.6. The van der Waals surface area contributed by atoms with Gasteiger partial charge in [-0.1, -0.05) is 30.3 Å². The second-order valence-corrected chi connectivity index (χ2v) is 6.44. The molecular formula is C23H21FN2O2. The lowest BCUT2D eigenvalue weighted by molar-refractivity contribution is 0.300. The van der Waals surface area contributed by atoms with Crippen LogP contribution in [0.5, 0.6) is 11.5 Å². The van der Waals surface area contributed by atoms with Crippen LogP contribution in [0.4, 0.5) is 4.39 Å². The Bertz CT molecular complexity index is 1090. The second kappa shape index (κ2) is 8.13. The predicted molar refractivity (Wildman–Crippen MR) is 108 cm³/mol. The van der Waals surface area contributed by atoms with Crippen LogP contribution in [0, 0.1) is 5.82 Å². The number of para-hydroxylation sites is 2. The Labute approximate surface area is 163 Å². The van der Waals surface area contributed by atoms with Crippen molar-refractivity contribution in [3.63, 3.8) is 0 Å². The predicted octanol–water partition coefficient (Wildman–Crippen LogP) is 5.32. The first-order valence-corrected chi connectivity index (χ1v) is 9.23. The Morgan fingerprint density at radius 2 is 1.71 bits per heavy atom. The Morgan fingerprint density at radius 1 is 0.929 bits per heavy atom. The van der Waals surface area contributed by atoms with Crippen LogP contribution in [0.25, 0.3) is 22.4 Å². The summed E-state index contributed by atoms with van der Waals surface area (Å²) in [7, 11) is 1.63. The van der Waals surface area contributed by atoms with E-state index < -0.39 is 0 Å². The number of hydrogen-bond acceptors (Lipinski definition) is 3. The van der Waals surface area contributed by atoms with E-state index in [9.17, 15) is 4.39 Å². The summed E-state index contributed by atoms with van der Waals surface area (Å²) in [5.41, 5.74) is 2.35. The standard InChI is InChI=1S/C23H21FN2O2/c1-27-17-8-6-9-18(16-17)28-15-7-14-26-22-13-5-4-12-21(22)25-23(26)19-10-2-3-11-20(19)24/h2-6,8-13,16H,7,14-15H2,1H3. The molecule has 28 heavy (non-hydrogen) atoms. The van der Waals surface area contributed by atoms with Gasteiger partial charge in [0.1, 0.15) is 23.1 Å². The molecule has 0 saturated carbocycles. The van der Waals surface area contributed by atoms with Crippen molar-refractivity contribution >= 4 is 11.0 Å². The number of hydrogen-bond donors (Lipinski definition) is 0. The summed E-state index contributed by atoms with van der Waals surface area (Å²) in [6.45, 7) is 1.21. The summed E-state index contributed by atoms with van der Waals surface area (Å²) in [4.78, 5) is 4.67. The third kappa shape index (κ3) is 3.69. The van der Waals surface area contributed by atoms with Crippen molar-refractivity contribution in [1.29, 1.82) is 0 Å². The second-order valence-electron chi connectivity index (χ2n) is 6.44. The van der Waals surface area contributed by atoms with Crippen LogP contribution in [0.15, 0.2) is 72.8 Å². The maximum absolute atomic E-state index is 14.4. The smallest absolute Gasteiger partial charge is 0.144 e. The number of aromatic nitrogens is 2. The molecular weight excluding hydrogens is 355 g/mol. The SMILES string of the molecule is COc1cccc(OCCCn2c(-c3ccccc3F)nc3ccccc32)c1. The number of rotatable bonds is 7. The molecule has 5 heteroatoms. The lowest BCUT2D eigenvalue weighted by Gasteiger charge is -2.11. The molecule has 0 bridgehead atoms. The van der Waals surface area contributed by atoms with E-state index in [1.807, 2.05) is 54.6 Å². The van der Waals surface area contributed by atoms with Gasteiger partial charge in [-0.05, 0) is 42.8 Å². The van der Waals surface area contributed by atoms with Gasteiger partial charge in [0.05, 0.1) is 30.3 Å². The molecule has 1 aromatic heterocycles. The molecule has 4 rings (SSSR count). The number of imidazole rings is 1. The van der Waals surface area contributed by atoms with E-state index in [-0.39, 0.29) is 5.82 Å². The lowest BCUT2D eigenvalue weighted by Crippen LogP contribution is -2.06. The van der Waals surface area contributed by atoms with E-state index in [1.165, 1.54) is 6.07 Å². The van der Waals surface area contributed by atoms with Gasteiger partial charge < -0.3 is 14.0 Å². The van der Waals surface area contributed by atoms with Gasteiger partial charge in [-0.15, -0.1) is 0 Å². The Morgan fingerprint density at radius 3 is 2.57 bits per heavy atom. The fraction of sp³-hybridized carbons (Fsp3) is 0.174. The van der Waals surface area contributed by atoms with Gasteiger partial charge in [0.2, 0.25) is 0 Å². The third-order valence-corrected chi connectivity index (χ3v) is 4.61. The number of aryl methyl sites for hydroxylation is 1. The normalized spacial score (nSPS) is 10.9. The molecule has 0 unspecified atom stereocenters.